The third-order valence-corrected chi connectivity index (χ3v) is 2.43. The molecule has 1 atom stereocenters. The van der Waals surface area contributed by atoms with E-state index in [9.17, 15) is 10.1 Å². The third-order valence-electron chi connectivity index (χ3n) is 1.74. The second kappa shape index (κ2) is 4.75. The van der Waals surface area contributed by atoms with Crippen molar-refractivity contribution in [3.8, 4) is 0 Å². The van der Waals surface area contributed by atoms with Gasteiger partial charge in [-0.05, 0) is 18.1 Å². The van der Waals surface area contributed by atoms with Gasteiger partial charge in [0, 0.05) is 22.0 Å². The lowest BCUT2D eigenvalue weighted by Gasteiger charge is -2.05. The maximum atomic E-state index is 10.5. The molecule has 0 aliphatic rings. The summed E-state index contributed by atoms with van der Waals surface area (Å²) in [6, 6.07) is 4.48. The lowest BCUT2D eigenvalue weighted by Crippen LogP contribution is -1.98. The van der Waals surface area contributed by atoms with Gasteiger partial charge in [-0.3, -0.25) is 10.1 Å². The van der Waals surface area contributed by atoms with Crippen molar-refractivity contribution >= 4 is 33.2 Å². The van der Waals surface area contributed by atoms with Gasteiger partial charge >= 0.3 is 0 Å². The van der Waals surface area contributed by atoms with E-state index in [1.165, 1.54) is 12.1 Å². The summed E-state index contributed by atoms with van der Waals surface area (Å²) >= 11 is 9.28. The fourth-order valence-corrected chi connectivity index (χ4v) is 1.68. The van der Waals surface area contributed by atoms with E-state index >= 15 is 0 Å². The number of nitro benzene ring substituents is 1. The molecule has 1 aromatic carbocycles. The highest BCUT2D eigenvalue weighted by atomic mass is 79.9. The lowest BCUT2D eigenvalue weighted by molar-refractivity contribution is -0.384. The maximum absolute atomic E-state index is 10.5. The molecule has 0 amide bonds. The Morgan fingerprint density at radius 2 is 2.29 bits per heavy atom. The Morgan fingerprint density at radius 3 is 2.79 bits per heavy atom. The molecule has 0 radical (unpaired) electrons. The van der Waals surface area contributed by atoms with Crippen LogP contribution in [0.25, 0.3) is 0 Å². The molecule has 1 aromatic rings. The minimum absolute atomic E-state index is 0.0811. The molecule has 5 heteroatoms. The average molecular weight is 279 g/mol. The van der Waals surface area contributed by atoms with Crippen LogP contribution in [0.3, 0.4) is 0 Å². The summed E-state index contributed by atoms with van der Waals surface area (Å²) in [5.41, 5.74) is 0.878. The van der Waals surface area contributed by atoms with Gasteiger partial charge in [0.1, 0.15) is 0 Å². The lowest BCUT2D eigenvalue weighted by atomic mass is 10.1. The molecule has 3 nitrogen and oxygen atoms in total. The minimum atomic E-state index is -0.418. The summed E-state index contributed by atoms with van der Waals surface area (Å²) < 4.78 is 0. The van der Waals surface area contributed by atoms with Gasteiger partial charge in [0.25, 0.3) is 5.69 Å². The number of nitro groups is 1. The van der Waals surface area contributed by atoms with E-state index in [0.717, 1.165) is 5.56 Å². The molecular formula is C9H9BrClNO2. The summed E-state index contributed by atoms with van der Waals surface area (Å²) in [5, 5.41) is 11.1. The molecule has 76 valence electrons. The maximum Gasteiger partial charge on any atom is 0.269 e. The zero-order valence-electron chi connectivity index (χ0n) is 7.54. The average Bonchev–Trinajstić information content (AvgIpc) is 2.07. The minimum Gasteiger partial charge on any atom is -0.258 e. The van der Waals surface area contributed by atoms with E-state index in [4.69, 9.17) is 11.6 Å². The number of alkyl halides is 1. The zero-order valence-corrected chi connectivity index (χ0v) is 9.88. The van der Waals surface area contributed by atoms with Gasteiger partial charge in [-0.2, -0.15) is 0 Å². The molecule has 0 aliphatic carbocycles. The Kier molecular flexibility index (Phi) is 3.89. The summed E-state index contributed by atoms with van der Waals surface area (Å²) in [7, 11) is 0. The van der Waals surface area contributed by atoms with Crippen LogP contribution in [-0.4, -0.2) is 9.75 Å². The molecule has 1 rings (SSSR count). The molecular weight excluding hydrogens is 269 g/mol. The molecule has 14 heavy (non-hydrogen) atoms. The highest BCUT2D eigenvalue weighted by Crippen LogP contribution is 2.24. The van der Waals surface area contributed by atoms with Crippen molar-refractivity contribution in [2.45, 2.75) is 18.2 Å². The molecule has 0 heterocycles. The summed E-state index contributed by atoms with van der Waals surface area (Å²) in [6.45, 7) is 1.97. The summed E-state index contributed by atoms with van der Waals surface area (Å²) in [4.78, 5) is 10.3. The monoisotopic (exact) mass is 277 g/mol. The van der Waals surface area contributed by atoms with Crippen molar-refractivity contribution in [2.24, 2.45) is 0 Å². The highest BCUT2D eigenvalue weighted by Gasteiger charge is 2.10. The number of benzene rings is 1. The fourth-order valence-electron chi connectivity index (χ4n) is 1.13. The SMILES string of the molecule is CC(Br)Cc1cc([N+](=O)[O-])ccc1Cl. The molecule has 0 N–H and O–H groups in total. The van der Waals surface area contributed by atoms with Crippen LogP contribution < -0.4 is 0 Å². The Labute approximate surface area is 95.4 Å². The zero-order chi connectivity index (χ0) is 10.7. The van der Waals surface area contributed by atoms with Crippen molar-refractivity contribution in [1.29, 1.82) is 0 Å². The first-order valence-electron chi connectivity index (χ1n) is 4.07. The van der Waals surface area contributed by atoms with Crippen molar-refractivity contribution in [3.05, 3.63) is 38.9 Å². The molecule has 0 saturated heterocycles. The van der Waals surface area contributed by atoms with E-state index in [0.29, 0.717) is 11.4 Å². The Bertz CT molecular complexity index is 355. The molecule has 0 fully saturated rings. The van der Waals surface area contributed by atoms with Crippen LogP contribution in [0, 0.1) is 10.1 Å². The second-order valence-electron chi connectivity index (χ2n) is 3.02. The van der Waals surface area contributed by atoms with Crippen LogP contribution >= 0.6 is 27.5 Å². The molecule has 0 aromatic heterocycles. The predicted molar refractivity (Wildman–Crippen MR) is 60.2 cm³/mol. The first-order chi connectivity index (χ1) is 6.50. The van der Waals surface area contributed by atoms with E-state index in [2.05, 4.69) is 15.9 Å². The smallest absolute Gasteiger partial charge is 0.258 e. The van der Waals surface area contributed by atoms with Crippen LogP contribution in [-0.2, 0) is 6.42 Å². The largest absolute Gasteiger partial charge is 0.269 e. The molecule has 0 bridgehead atoms. The van der Waals surface area contributed by atoms with Crippen LogP contribution in [0.4, 0.5) is 5.69 Å². The van der Waals surface area contributed by atoms with Gasteiger partial charge < -0.3 is 0 Å². The quantitative estimate of drug-likeness (QED) is 0.482. The first kappa shape index (κ1) is 11.5. The topological polar surface area (TPSA) is 43.1 Å². The molecule has 0 aliphatic heterocycles. The number of hydrogen-bond donors (Lipinski definition) is 0. The van der Waals surface area contributed by atoms with E-state index in [1.807, 2.05) is 6.92 Å². The summed E-state index contributed by atoms with van der Waals surface area (Å²) in [5.74, 6) is 0. The van der Waals surface area contributed by atoms with Crippen LogP contribution in [0.2, 0.25) is 5.02 Å². The Morgan fingerprint density at radius 1 is 1.64 bits per heavy atom. The fraction of sp³-hybridized carbons (Fsp3) is 0.333. The first-order valence-corrected chi connectivity index (χ1v) is 5.37. The van der Waals surface area contributed by atoms with Gasteiger partial charge in [-0.1, -0.05) is 34.5 Å². The van der Waals surface area contributed by atoms with Crippen molar-refractivity contribution < 1.29 is 4.92 Å². The molecule has 0 saturated carbocycles. The van der Waals surface area contributed by atoms with Gasteiger partial charge in [-0.25, -0.2) is 0 Å². The van der Waals surface area contributed by atoms with Crippen LogP contribution in [0.15, 0.2) is 18.2 Å². The third kappa shape index (κ3) is 2.96. The normalized spacial score (nSPS) is 12.5. The Balaban J connectivity index is 3.02. The number of nitrogens with zero attached hydrogens (tertiary/aromatic N) is 1. The van der Waals surface area contributed by atoms with Gasteiger partial charge in [0.2, 0.25) is 0 Å². The standard InChI is InChI=1S/C9H9BrClNO2/c1-6(10)4-7-5-8(12(13)14)2-3-9(7)11/h2-3,5-6H,4H2,1H3. The van der Waals surface area contributed by atoms with E-state index in [-0.39, 0.29) is 10.5 Å². The number of halogens is 2. The van der Waals surface area contributed by atoms with Crippen LogP contribution in [0.5, 0.6) is 0 Å². The van der Waals surface area contributed by atoms with Crippen molar-refractivity contribution in [2.75, 3.05) is 0 Å². The number of rotatable bonds is 3. The van der Waals surface area contributed by atoms with Crippen molar-refractivity contribution in [3.63, 3.8) is 0 Å². The predicted octanol–water partition coefficient (Wildman–Crippen LogP) is 3.57. The Hall–Kier alpha value is -0.610. The van der Waals surface area contributed by atoms with E-state index < -0.39 is 4.92 Å². The highest BCUT2D eigenvalue weighted by molar-refractivity contribution is 9.09. The number of non-ortho nitro benzene ring substituents is 1. The molecule has 1 unspecified atom stereocenters. The van der Waals surface area contributed by atoms with Gasteiger partial charge in [0.05, 0.1) is 4.92 Å². The summed E-state index contributed by atoms with van der Waals surface area (Å²) in [6.07, 6.45) is 0.681. The van der Waals surface area contributed by atoms with Crippen molar-refractivity contribution in [1.82, 2.24) is 0 Å². The van der Waals surface area contributed by atoms with E-state index in [1.54, 1.807) is 6.07 Å². The van der Waals surface area contributed by atoms with Gasteiger partial charge in [0.15, 0.2) is 0 Å². The van der Waals surface area contributed by atoms with Gasteiger partial charge in [-0.15, -0.1) is 0 Å². The second-order valence-corrected chi connectivity index (χ2v) is 4.99. The molecule has 0 spiro atoms. The number of hydrogen-bond acceptors (Lipinski definition) is 2. The van der Waals surface area contributed by atoms with Crippen LogP contribution in [0.1, 0.15) is 12.5 Å².